The van der Waals surface area contributed by atoms with Gasteiger partial charge in [0.05, 0.1) is 5.69 Å². The van der Waals surface area contributed by atoms with Gasteiger partial charge in [0.15, 0.2) is 0 Å². The summed E-state index contributed by atoms with van der Waals surface area (Å²) in [5.41, 5.74) is 16.7. The summed E-state index contributed by atoms with van der Waals surface area (Å²) in [4.78, 5) is 2.43. The van der Waals surface area contributed by atoms with E-state index in [1.54, 1.807) is 0 Å². The fourth-order valence-electron chi connectivity index (χ4n) is 9.64. The number of para-hydroxylation sites is 3. The third-order valence-corrected chi connectivity index (χ3v) is 12.5. The van der Waals surface area contributed by atoms with Gasteiger partial charge in [-0.1, -0.05) is 147 Å². The zero-order chi connectivity index (χ0) is 38.5. The van der Waals surface area contributed by atoms with Crippen LogP contribution < -0.4 is 4.90 Å². The van der Waals surface area contributed by atoms with Crippen molar-refractivity contribution in [3.05, 3.63) is 199 Å². The van der Waals surface area contributed by atoms with Crippen molar-refractivity contribution in [2.45, 2.75) is 19.3 Å². The molecule has 2 heterocycles. The first kappa shape index (κ1) is 32.8. The van der Waals surface area contributed by atoms with Crippen LogP contribution in [0.15, 0.2) is 197 Å². The first-order valence-electron chi connectivity index (χ1n) is 20.0. The van der Waals surface area contributed by atoms with Crippen LogP contribution in [0.5, 0.6) is 0 Å². The van der Waals surface area contributed by atoms with Gasteiger partial charge in [0.2, 0.25) is 0 Å². The fraction of sp³-hybridized carbons (Fsp3) is 0.0545. The molecular formula is C55H37NO2. The van der Waals surface area contributed by atoms with E-state index in [2.05, 4.69) is 189 Å². The highest BCUT2D eigenvalue weighted by molar-refractivity contribution is 6.14. The molecular weight excluding hydrogens is 707 g/mol. The van der Waals surface area contributed by atoms with Gasteiger partial charge in [-0.2, -0.15) is 0 Å². The summed E-state index contributed by atoms with van der Waals surface area (Å²) >= 11 is 0. The predicted octanol–water partition coefficient (Wildman–Crippen LogP) is 15.7. The molecule has 0 N–H and O–H groups in total. The zero-order valence-corrected chi connectivity index (χ0v) is 32.2. The van der Waals surface area contributed by atoms with Gasteiger partial charge < -0.3 is 13.7 Å². The van der Waals surface area contributed by atoms with E-state index in [0.29, 0.717) is 0 Å². The molecule has 9 aromatic carbocycles. The molecule has 0 fully saturated rings. The standard InChI is InChI=1S/C55H37NO2/c1-55(2)48-19-8-5-13-40(48)41-28-27-37(33-49(41)55)56(36-25-22-34(23-26-36)35-24-31-53-47(32-35)44-16-7-9-20-51(44)57-53)50-30-29-39(38-12-3-4-14-42(38)50)45-17-11-18-46-43-15-6-10-21-52(43)58-54(45)46/h3-33H,1-2H3. The molecule has 0 atom stereocenters. The van der Waals surface area contributed by atoms with E-state index in [1.165, 1.54) is 27.6 Å². The number of anilines is 3. The minimum atomic E-state index is -0.134. The zero-order valence-electron chi connectivity index (χ0n) is 32.2. The van der Waals surface area contributed by atoms with Crippen molar-refractivity contribution in [3.63, 3.8) is 0 Å². The lowest BCUT2D eigenvalue weighted by atomic mass is 9.82. The Balaban J connectivity index is 1.04. The smallest absolute Gasteiger partial charge is 0.143 e. The molecule has 0 saturated heterocycles. The van der Waals surface area contributed by atoms with Crippen molar-refractivity contribution in [1.82, 2.24) is 0 Å². The van der Waals surface area contributed by atoms with Gasteiger partial charge in [-0.15, -0.1) is 0 Å². The maximum absolute atomic E-state index is 6.56. The highest BCUT2D eigenvalue weighted by Crippen LogP contribution is 2.51. The molecule has 0 saturated carbocycles. The molecule has 0 amide bonds. The summed E-state index contributed by atoms with van der Waals surface area (Å²) < 4.78 is 12.7. The van der Waals surface area contributed by atoms with E-state index in [-0.39, 0.29) is 5.41 Å². The van der Waals surface area contributed by atoms with Gasteiger partial charge in [-0.3, -0.25) is 0 Å². The van der Waals surface area contributed by atoms with Crippen molar-refractivity contribution < 1.29 is 8.83 Å². The summed E-state index contributed by atoms with van der Waals surface area (Å²) in [6.07, 6.45) is 0. The third-order valence-electron chi connectivity index (χ3n) is 12.5. The highest BCUT2D eigenvalue weighted by Gasteiger charge is 2.36. The Kier molecular flexibility index (Phi) is 6.98. The second kappa shape index (κ2) is 12.3. The average molecular weight is 744 g/mol. The molecule has 1 aliphatic carbocycles. The molecule has 0 radical (unpaired) electrons. The molecule has 2 aromatic heterocycles. The molecule has 58 heavy (non-hydrogen) atoms. The number of furan rings is 2. The lowest BCUT2D eigenvalue weighted by Gasteiger charge is -2.29. The molecule has 3 nitrogen and oxygen atoms in total. The van der Waals surface area contributed by atoms with Crippen LogP contribution in [0.2, 0.25) is 0 Å². The Bertz CT molecular complexity index is 3440. The normalized spacial score (nSPS) is 13.1. The Labute approximate surface area is 336 Å². The molecule has 1 aliphatic rings. The van der Waals surface area contributed by atoms with Gasteiger partial charge in [0.25, 0.3) is 0 Å². The van der Waals surface area contributed by atoms with Crippen LogP contribution in [0.3, 0.4) is 0 Å². The quantitative estimate of drug-likeness (QED) is 0.176. The molecule has 12 rings (SSSR count). The monoisotopic (exact) mass is 743 g/mol. The van der Waals surface area contributed by atoms with Crippen molar-refractivity contribution >= 4 is 71.7 Å². The maximum Gasteiger partial charge on any atom is 0.143 e. The molecule has 0 spiro atoms. The summed E-state index contributed by atoms with van der Waals surface area (Å²) in [6, 6.07) is 67.8. The first-order chi connectivity index (χ1) is 28.5. The molecule has 0 unspecified atom stereocenters. The lowest BCUT2D eigenvalue weighted by molar-refractivity contribution is 0.660. The van der Waals surface area contributed by atoms with Crippen LogP contribution in [0, 0.1) is 0 Å². The second-order valence-corrected chi connectivity index (χ2v) is 16.1. The molecule has 274 valence electrons. The number of hydrogen-bond donors (Lipinski definition) is 0. The fourth-order valence-corrected chi connectivity index (χ4v) is 9.64. The molecule has 0 aliphatic heterocycles. The Morgan fingerprint density at radius 2 is 0.948 bits per heavy atom. The van der Waals surface area contributed by atoms with Crippen LogP contribution in [-0.2, 0) is 5.41 Å². The Hall–Kier alpha value is -7.36. The van der Waals surface area contributed by atoms with Gasteiger partial charge in [-0.05, 0) is 98.9 Å². The number of nitrogens with zero attached hydrogens (tertiary/aromatic N) is 1. The van der Waals surface area contributed by atoms with E-state index >= 15 is 0 Å². The molecule has 11 aromatic rings. The predicted molar refractivity (Wildman–Crippen MR) is 242 cm³/mol. The summed E-state index contributed by atoms with van der Waals surface area (Å²) in [6.45, 7) is 4.70. The van der Waals surface area contributed by atoms with Gasteiger partial charge in [0.1, 0.15) is 22.3 Å². The van der Waals surface area contributed by atoms with Crippen LogP contribution in [0.25, 0.3) is 88.0 Å². The van der Waals surface area contributed by atoms with Gasteiger partial charge >= 0.3 is 0 Å². The molecule has 0 bridgehead atoms. The SMILES string of the molecule is CC1(C)c2ccccc2-c2ccc(N(c3ccc(-c4ccc5oc6ccccc6c5c4)cc3)c3ccc(-c4cccc5c4oc4ccccc45)c4ccccc34)cc21. The average Bonchev–Trinajstić information content (AvgIpc) is 3.91. The van der Waals surface area contributed by atoms with Crippen molar-refractivity contribution in [3.8, 4) is 33.4 Å². The van der Waals surface area contributed by atoms with Gasteiger partial charge in [0, 0.05) is 49.3 Å². The number of fused-ring (bicyclic) bond motifs is 10. The minimum absolute atomic E-state index is 0.134. The number of benzene rings is 9. The van der Waals surface area contributed by atoms with Crippen molar-refractivity contribution in [1.29, 1.82) is 0 Å². The summed E-state index contributed by atoms with van der Waals surface area (Å²) in [5.74, 6) is 0. The van der Waals surface area contributed by atoms with E-state index in [4.69, 9.17) is 8.83 Å². The van der Waals surface area contributed by atoms with Gasteiger partial charge in [-0.25, -0.2) is 0 Å². The van der Waals surface area contributed by atoms with E-state index in [0.717, 1.165) is 88.6 Å². The van der Waals surface area contributed by atoms with Crippen LogP contribution >= 0.6 is 0 Å². The largest absolute Gasteiger partial charge is 0.456 e. The third kappa shape index (κ3) is 4.80. The Morgan fingerprint density at radius 1 is 0.362 bits per heavy atom. The highest BCUT2D eigenvalue weighted by atomic mass is 16.3. The minimum Gasteiger partial charge on any atom is -0.456 e. The van der Waals surface area contributed by atoms with Crippen LogP contribution in [0.1, 0.15) is 25.0 Å². The molecule has 3 heteroatoms. The summed E-state index contributed by atoms with van der Waals surface area (Å²) in [7, 11) is 0. The topological polar surface area (TPSA) is 29.5 Å². The van der Waals surface area contributed by atoms with Crippen LogP contribution in [0.4, 0.5) is 17.1 Å². The first-order valence-corrected chi connectivity index (χ1v) is 20.0. The number of rotatable bonds is 5. The second-order valence-electron chi connectivity index (χ2n) is 16.1. The summed E-state index contributed by atoms with van der Waals surface area (Å²) in [5, 5.41) is 6.86. The lowest BCUT2D eigenvalue weighted by Crippen LogP contribution is -2.16. The van der Waals surface area contributed by atoms with Crippen molar-refractivity contribution in [2.75, 3.05) is 4.90 Å². The van der Waals surface area contributed by atoms with E-state index < -0.39 is 0 Å². The maximum atomic E-state index is 6.56. The van der Waals surface area contributed by atoms with Crippen molar-refractivity contribution in [2.24, 2.45) is 0 Å². The van der Waals surface area contributed by atoms with E-state index in [9.17, 15) is 0 Å². The number of hydrogen-bond acceptors (Lipinski definition) is 3. The Morgan fingerprint density at radius 3 is 1.78 bits per heavy atom. The van der Waals surface area contributed by atoms with E-state index in [1.807, 2.05) is 18.2 Å². The van der Waals surface area contributed by atoms with Crippen LogP contribution in [-0.4, -0.2) is 0 Å².